The summed E-state index contributed by atoms with van der Waals surface area (Å²) in [7, 11) is 1.73. The molecule has 0 aliphatic carbocycles. The third-order valence-corrected chi connectivity index (χ3v) is 3.14. The number of nitrogens with zero attached hydrogens (tertiary/aromatic N) is 2. The summed E-state index contributed by atoms with van der Waals surface area (Å²) in [5, 5.41) is 7.73. The molecule has 0 radical (unpaired) electrons. The highest BCUT2D eigenvalue weighted by molar-refractivity contribution is 5.26. The summed E-state index contributed by atoms with van der Waals surface area (Å²) in [5.74, 6) is 0. The fraction of sp³-hybridized carbons (Fsp3) is 0.400. The Labute approximate surface area is 114 Å². The van der Waals surface area contributed by atoms with Crippen molar-refractivity contribution in [1.29, 1.82) is 0 Å². The topological polar surface area (TPSA) is 39.1 Å². The summed E-state index contributed by atoms with van der Waals surface area (Å²) in [6.07, 6.45) is 1.85. The molecule has 0 saturated heterocycles. The predicted octanol–water partition coefficient (Wildman–Crippen LogP) is 2.34. The first-order valence-corrected chi connectivity index (χ1v) is 6.62. The van der Waals surface area contributed by atoms with Crippen LogP contribution in [0.5, 0.6) is 0 Å². The molecule has 0 bridgehead atoms. The number of hydrogen-bond acceptors (Lipinski definition) is 3. The Morgan fingerprint density at radius 1 is 1.16 bits per heavy atom. The third kappa shape index (κ3) is 3.66. The molecule has 1 aromatic heterocycles. The zero-order valence-electron chi connectivity index (χ0n) is 11.6. The van der Waals surface area contributed by atoms with Crippen LogP contribution in [0.3, 0.4) is 0 Å². The Bertz CT molecular complexity index is 508. The van der Waals surface area contributed by atoms with Crippen LogP contribution in [0.1, 0.15) is 23.7 Å². The number of nitrogens with one attached hydrogen (secondary N) is 1. The summed E-state index contributed by atoms with van der Waals surface area (Å²) >= 11 is 0. The molecule has 0 fully saturated rings. The fourth-order valence-electron chi connectivity index (χ4n) is 2.15. The monoisotopic (exact) mass is 259 g/mol. The van der Waals surface area contributed by atoms with E-state index in [9.17, 15) is 0 Å². The molecule has 0 unspecified atom stereocenters. The lowest BCUT2D eigenvalue weighted by Crippen LogP contribution is -2.17. The van der Waals surface area contributed by atoms with Crippen molar-refractivity contribution in [2.45, 2.75) is 33.2 Å². The van der Waals surface area contributed by atoms with Crippen LogP contribution in [0, 0.1) is 0 Å². The second kappa shape index (κ2) is 7.07. The van der Waals surface area contributed by atoms with Gasteiger partial charge in [-0.1, -0.05) is 24.3 Å². The van der Waals surface area contributed by atoms with Gasteiger partial charge in [0.15, 0.2) is 0 Å². The number of hydrogen-bond donors (Lipinski definition) is 1. The number of aromatic nitrogens is 2. The first-order chi connectivity index (χ1) is 9.35. The molecule has 4 heteroatoms. The van der Waals surface area contributed by atoms with Crippen molar-refractivity contribution in [3.63, 3.8) is 0 Å². The van der Waals surface area contributed by atoms with Crippen LogP contribution in [0.4, 0.5) is 0 Å². The highest BCUT2D eigenvalue weighted by Gasteiger charge is 2.03. The lowest BCUT2D eigenvalue weighted by molar-refractivity contribution is 0.184. The molecule has 0 amide bonds. The molecule has 4 nitrogen and oxygen atoms in total. The quantitative estimate of drug-likeness (QED) is 0.829. The average molecular weight is 259 g/mol. The van der Waals surface area contributed by atoms with Crippen LogP contribution in [0.25, 0.3) is 0 Å². The predicted molar refractivity (Wildman–Crippen MR) is 75.6 cm³/mol. The molecule has 102 valence electrons. The van der Waals surface area contributed by atoms with Gasteiger partial charge in [0.1, 0.15) is 0 Å². The van der Waals surface area contributed by atoms with E-state index in [-0.39, 0.29) is 0 Å². The van der Waals surface area contributed by atoms with Crippen LogP contribution in [0.15, 0.2) is 36.5 Å². The molecule has 19 heavy (non-hydrogen) atoms. The van der Waals surface area contributed by atoms with Crippen molar-refractivity contribution in [2.75, 3.05) is 7.11 Å². The molecule has 0 atom stereocenters. The van der Waals surface area contributed by atoms with Crippen molar-refractivity contribution in [3.05, 3.63) is 53.3 Å². The first-order valence-electron chi connectivity index (χ1n) is 6.62. The van der Waals surface area contributed by atoms with Gasteiger partial charge >= 0.3 is 0 Å². The van der Waals surface area contributed by atoms with E-state index >= 15 is 0 Å². The number of aryl methyl sites for hydroxylation is 1. The molecule has 2 rings (SSSR count). The summed E-state index contributed by atoms with van der Waals surface area (Å²) in [4.78, 5) is 0. The van der Waals surface area contributed by atoms with Gasteiger partial charge in [0.05, 0.1) is 12.3 Å². The van der Waals surface area contributed by atoms with Crippen molar-refractivity contribution in [2.24, 2.45) is 0 Å². The van der Waals surface area contributed by atoms with Gasteiger partial charge in [-0.15, -0.1) is 0 Å². The van der Waals surface area contributed by atoms with Gasteiger partial charge < -0.3 is 10.1 Å². The van der Waals surface area contributed by atoms with E-state index in [0.29, 0.717) is 6.61 Å². The molecule has 0 saturated carbocycles. The summed E-state index contributed by atoms with van der Waals surface area (Å²) in [5.41, 5.74) is 3.74. The fourth-order valence-corrected chi connectivity index (χ4v) is 2.15. The van der Waals surface area contributed by atoms with E-state index < -0.39 is 0 Å². The maximum Gasteiger partial charge on any atom is 0.0716 e. The largest absolute Gasteiger partial charge is 0.380 e. The van der Waals surface area contributed by atoms with Crippen LogP contribution in [-0.4, -0.2) is 16.9 Å². The highest BCUT2D eigenvalue weighted by Crippen LogP contribution is 2.10. The second-order valence-corrected chi connectivity index (χ2v) is 4.44. The van der Waals surface area contributed by atoms with Gasteiger partial charge in [-0.3, -0.25) is 4.68 Å². The van der Waals surface area contributed by atoms with Gasteiger partial charge in [0.25, 0.3) is 0 Å². The molecule has 2 aromatic rings. The molecule has 0 aliphatic rings. The Morgan fingerprint density at radius 3 is 2.68 bits per heavy atom. The molecule has 0 spiro atoms. The minimum absolute atomic E-state index is 0.657. The number of rotatable bonds is 7. The van der Waals surface area contributed by atoms with Crippen molar-refractivity contribution < 1.29 is 4.74 Å². The number of ether oxygens (including phenoxy) is 1. The molecular weight excluding hydrogens is 238 g/mol. The zero-order chi connectivity index (χ0) is 13.5. The lowest BCUT2D eigenvalue weighted by atomic mass is 10.1. The Balaban J connectivity index is 1.92. The summed E-state index contributed by atoms with van der Waals surface area (Å²) < 4.78 is 7.22. The van der Waals surface area contributed by atoms with Crippen LogP contribution >= 0.6 is 0 Å². The highest BCUT2D eigenvalue weighted by atomic mass is 16.5. The normalized spacial score (nSPS) is 10.8. The van der Waals surface area contributed by atoms with Gasteiger partial charge in [0, 0.05) is 32.9 Å². The van der Waals surface area contributed by atoms with E-state index in [2.05, 4.69) is 41.6 Å². The Kier molecular flexibility index (Phi) is 5.12. The minimum atomic E-state index is 0.657. The van der Waals surface area contributed by atoms with Crippen LogP contribution in [-0.2, 0) is 31.0 Å². The van der Waals surface area contributed by atoms with E-state index in [4.69, 9.17) is 4.74 Å². The van der Waals surface area contributed by atoms with Crippen LogP contribution < -0.4 is 5.32 Å². The Morgan fingerprint density at radius 2 is 1.95 bits per heavy atom. The third-order valence-electron chi connectivity index (χ3n) is 3.14. The van der Waals surface area contributed by atoms with Crippen molar-refractivity contribution in [3.8, 4) is 0 Å². The summed E-state index contributed by atoms with van der Waals surface area (Å²) in [6.45, 7) is 5.34. The van der Waals surface area contributed by atoms with Gasteiger partial charge in [-0.25, -0.2) is 0 Å². The van der Waals surface area contributed by atoms with Crippen molar-refractivity contribution in [1.82, 2.24) is 15.1 Å². The molecular formula is C15H21N3O. The lowest BCUT2D eigenvalue weighted by Gasteiger charge is -2.10. The Hall–Kier alpha value is -1.65. The second-order valence-electron chi connectivity index (χ2n) is 4.44. The first kappa shape index (κ1) is 13.8. The minimum Gasteiger partial charge on any atom is -0.380 e. The van der Waals surface area contributed by atoms with Gasteiger partial charge in [0.2, 0.25) is 0 Å². The van der Waals surface area contributed by atoms with E-state index in [1.807, 2.05) is 16.9 Å². The number of benzene rings is 1. The standard InChI is InChI=1S/C15H21N3O/c1-3-18-15(8-9-17-18)11-16-10-13-6-4-5-7-14(13)12-19-2/h4-9,16H,3,10-12H2,1-2H3. The van der Waals surface area contributed by atoms with E-state index in [0.717, 1.165) is 19.6 Å². The molecule has 1 aromatic carbocycles. The van der Waals surface area contributed by atoms with Crippen molar-refractivity contribution >= 4 is 0 Å². The maximum atomic E-state index is 5.22. The SMILES string of the molecule is CCn1nccc1CNCc1ccccc1COC. The average Bonchev–Trinajstić information content (AvgIpc) is 2.88. The smallest absolute Gasteiger partial charge is 0.0716 e. The van der Waals surface area contributed by atoms with Gasteiger partial charge in [-0.05, 0) is 24.1 Å². The van der Waals surface area contributed by atoms with Gasteiger partial charge in [-0.2, -0.15) is 5.10 Å². The summed E-state index contributed by atoms with van der Waals surface area (Å²) in [6, 6.07) is 10.4. The van der Waals surface area contributed by atoms with E-state index in [1.54, 1.807) is 7.11 Å². The maximum absolute atomic E-state index is 5.22. The zero-order valence-corrected chi connectivity index (χ0v) is 11.6. The molecule has 1 N–H and O–H groups in total. The molecule has 0 aliphatic heterocycles. The number of methoxy groups -OCH3 is 1. The van der Waals surface area contributed by atoms with Crippen LogP contribution in [0.2, 0.25) is 0 Å². The molecule has 1 heterocycles. The van der Waals surface area contributed by atoms with E-state index in [1.165, 1.54) is 16.8 Å².